The summed E-state index contributed by atoms with van der Waals surface area (Å²) in [5, 5.41) is 0. The van der Waals surface area contributed by atoms with Crippen molar-refractivity contribution in [3.63, 3.8) is 0 Å². The SMILES string of the molecule is CC(C)N1CCN(C(C)c2ccccc2Br)CC1. The van der Waals surface area contributed by atoms with Crippen LogP contribution in [0.3, 0.4) is 0 Å². The molecule has 0 saturated carbocycles. The van der Waals surface area contributed by atoms with Crippen molar-refractivity contribution < 1.29 is 0 Å². The molecule has 2 nitrogen and oxygen atoms in total. The standard InChI is InChI=1S/C15H23BrN2/c1-12(2)17-8-10-18(11-9-17)13(3)14-6-4-5-7-15(14)16/h4-7,12-13H,8-11H2,1-3H3. The third-order valence-electron chi connectivity index (χ3n) is 3.98. The van der Waals surface area contributed by atoms with Gasteiger partial charge < -0.3 is 0 Å². The molecule has 1 aromatic carbocycles. The van der Waals surface area contributed by atoms with Crippen LogP contribution in [0.5, 0.6) is 0 Å². The second-order valence-electron chi connectivity index (χ2n) is 5.36. The molecule has 0 radical (unpaired) electrons. The van der Waals surface area contributed by atoms with E-state index in [1.54, 1.807) is 0 Å². The van der Waals surface area contributed by atoms with E-state index in [-0.39, 0.29) is 0 Å². The second kappa shape index (κ2) is 6.18. The first-order valence-corrected chi connectivity index (χ1v) is 7.61. The molecule has 0 aliphatic carbocycles. The fourth-order valence-electron chi connectivity index (χ4n) is 2.65. The molecule has 1 fully saturated rings. The van der Waals surface area contributed by atoms with Gasteiger partial charge in [-0.3, -0.25) is 9.80 Å². The monoisotopic (exact) mass is 310 g/mol. The van der Waals surface area contributed by atoms with E-state index in [4.69, 9.17) is 0 Å². The predicted molar refractivity (Wildman–Crippen MR) is 80.8 cm³/mol. The lowest BCUT2D eigenvalue weighted by molar-refractivity contribution is 0.0832. The molecule has 1 aromatic rings. The predicted octanol–water partition coefficient (Wildman–Crippen LogP) is 3.54. The lowest BCUT2D eigenvalue weighted by atomic mass is 10.1. The third-order valence-corrected chi connectivity index (χ3v) is 4.70. The van der Waals surface area contributed by atoms with Gasteiger partial charge in [0.15, 0.2) is 0 Å². The van der Waals surface area contributed by atoms with Gasteiger partial charge in [-0.1, -0.05) is 34.1 Å². The van der Waals surface area contributed by atoms with Crippen molar-refractivity contribution in [2.45, 2.75) is 32.9 Å². The molecule has 1 aliphatic heterocycles. The summed E-state index contributed by atoms with van der Waals surface area (Å²) in [5.74, 6) is 0. The van der Waals surface area contributed by atoms with Gasteiger partial charge in [-0.15, -0.1) is 0 Å². The molecule has 100 valence electrons. The van der Waals surface area contributed by atoms with Crippen molar-refractivity contribution in [2.75, 3.05) is 26.2 Å². The van der Waals surface area contributed by atoms with Crippen LogP contribution in [-0.2, 0) is 0 Å². The van der Waals surface area contributed by atoms with Crippen LogP contribution in [0.2, 0.25) is 0 Å². The largest absolute Gasteiger partial charge is 0.298 e. The van der Waals surface area contributed by atoms with Crippen LogP contribution in [0.25, 0.3) is 0 Å². The minimum Gasteiger partial charge on any atom is -0.298 e. The average molecular weight is 311 g/mol. The van der Waals surface area contributed by atoms with Crippen molar-refractivity contribution in [2.24, 2.45) is 0 Å². The van der Waals surface area contributed by atoms with Crippen molar-refractivity contribution >= 4 is 15.9 Å². The second-order valence-corrected chi connectivity index (χ2v) is 6.22. The van der Waals surface area contributed by atoms with Crippen LogP contribution < -0.4 is 0 Å². The Balaban J connectivity index is 2.00. The molecule has 1 atom stereocenters. The summed E-state index contributed by atoms with van der Waals surface area (Å²) >= 11 is 3.66. The Labute approximate surface area is 119 Å². The van der Waals surface area contributed by atoms with Gasteiger partial charge in [-0.25, -0.2) is 0 Å². The van der Waals surface area contributed by atoms with E-state index in [1.807, 2.05) is 0 Å². The Morgan fingerprint density at radius 2 is 1.50 bits per heavy atom. The molecule has 1 aliphatic rings. The number of hydrogen-bond acceptors (Lipinski definition) is 2. The summed E-state index contributed by atoms with van der Waals surface area (Å²) in [6, 6.07) is 9.73. The minimum atomic E-state index is 0.495. The average Bonchev–Trinajstić information content (AvgIpc) is 2.38. The third kappa shape index (κ3) is 3.14. The molecule has 0 spiro atoms. The molecular weight excluding hydrogens is 288 g/mol. The maximum atomic E-state index is 3.66. The van der Waals surface area contributed by atoms with Gasteiger partial charge in [-0.05, 0) is 32.4 Å². The highest BCUT2D eigenvalue weighted by atomic mass is 79.9. The minimum absolute atomic E-state index is 0.495. The number of nitrogens with zero attached hydrogens (tertiary/aromatic N) is 2. The quantitative estimate of drug-likeness (QED) is 0.842. The Kier molecular flexibility index (Phi) is 4.82. The van der Waals surface area contributed by atoms with Crippen LogP contribution in [0.4, 0.5) is 0 Å². The summed E-state index contributed by atoms with van der Waals surface area (Å²) in [6.45, 7) is 11.6. The Morgan fingerprint density at radius 3 is 2.06 bits per heavy atom. The molecule has 1 saturated heterocycles. The van der Waals surface area contributed by atoms with E-state index in [2.05, 4.69) is 70.8 Å². The Morgan fingerprint density at radius 1 is 0.944 bits per heavy atom. The molecule has 0 amide bonds. The zero-order chi connectivity index (χ0) is 13.1. The van der Waals surface area contributed by atoms with Crippen molar-refractivity contribution in [3.8, 4) is 0 Å². The fraction of sp³-hybridized carbons (Fsp3) is 0.600. The van der Waals surface area contributed by atoms with Crippen LogP contribution in [-0.4, -0.2) is 42.0 Å². The van der Waals surface area contributed by atoms with Gasteiger partial charge >= 0.3 is 0 Å². The van der Waals surface area contributed by atoms with Gasteiger partial charge in [0, 0.05) is 42.7 Å². The van der Waals surface area contributed by atoms with Crippen LogP contribution in [0.15, 0.2) is 28.7 Å². The number of hydrogen-bond donors (Lipinski definition) is 0. The van der Waals surface area contributed by atoms with Gasteiger partial charge in [-0.2, -0.15) is 0 Å². The molecule has 3 heteroatoms. The first-order chi connectivity index (χ1) is 8.59. The number of rotatable bonds is 3. The molecule has 1 heterocycles. The molecular formula is C15H23BrN2. The highest BCUT2D eigenvalue weighted by Gasteiger charge is 2.23. The lowest BCUT2D eigenvalue weighted by Crippen LogP contribution is -2.49. The van der Waals surface area contributed by atoms with E-state index in [9.17, 15) is 0 Å². The summed E-state index contributed by atoms with van der Waals surface area (Å²) in [6.07, 6.45) is 0. The van der Waals surface area contributed by atoms with Gasteiger partial charge in [0.1, 0.15) is 0 Å². The van der Waals surface area contributed by atoms with E-state index in [0.29, 0.717) is 12.1 Å². The first kappa shape index (κ1) is 14.0. The van der Waals surface area contributed by atoms with E-state index < -0.39 is 0 Å². The van der Waals surface area contributed by atoms with E-state index in [1.165, 1.54) is 36.2 Å². The molecule has 1 unspecified atom stereocenters. The summed E-state index contributed by atoms with van der Waals surface area (Å²) in [4.78, 5) is 5.14. The van der Waals surface area contributed by atoms with Crippen molar-refractivity contribution in [1.82, 2.24) is 9.80 Å². The number of piperazine rings is 1. The number of benzene rings is 1. The topological polar surface area (TPSA) is 6.48 Å². The van der Waals surface area contributed by atoms with Gasteiger partial charge in [0.25, 0.3) is 0 Å². The molecule has 2 rings (SSSR count). The molecule has 0 N–H and O–H groups in total. The molecule has 18 heavy (non-hydrogen) atoms. The van der Waals surface area contributed by atoms with Crippen LogP contribution >= 0.6 is 15.9 Å². The molecule has 0 bridgehead atoms. The zero-order valence-electron chi connectivity index (χ0n) is 11.6. The highest BCUT2D eigenvalue weighted by Crippen LogP contribution is 2.28. The summed E-state index contributed by atoms with van der Waals surface area (Å²) in [7, 11) is 0. The lowest BCUT2D eigenvalue weighted by Gasteiger charge is -2.40. The van der Waals surface area contributed by atoms with Gasteiger partial charge in [0.05, 0.1) is 0 Å². The van der Waals surface area contributed by atoms with Crippen LogP contribution in [0, 0.1) is 0 Å². The Hall–Kier alpha value is -0.380. The van der Waals surface area contributed by atoms with E-state index >= 15 is 0 Å². The van der Waals surface area contributed by atoms with Crippen molar-refractivity contribution in [3.05, 3.63) is 34.3 Å². The summed E-state index contributed by atoms with van der Waals surface area (Å²) in [5.41, 5.74) is 1.40. The zero-order valence-corrected chi connectivity index (χ0v) is 13.2. The van der Waals surface area contributed by atoms with Crippen molar-refractivity contribution in [1.29, 1.82) is 0 Å². The highest BCUT2D eigenvalue weighted by molar-refractivity contribution is 9.10. The summed E-state index contributed by atoms with van der Waals surface area (Å²) < 4.78 is 1.23. The smallest absolute Gasteiger partial charge is 0.0332 e. The fourth-order valence-corrected chi connectivity index (χ4v) is 3.27. The normalized spacial score (nSPS) is 20.3. The first-order valence-electron chi connectivity index (χ1n) is 6.82. The molecule has 0 aromatic heterocycles. The van der Waals surface area contributed by atoms with E-state index in [0.717, 1.165) is 0 Å². The Bertz CT molecular complexity index is 384. The number of halogens is 1. The van der Waals surface area contributed by atoms with Gasteiger partial charge in [0.2, 0.25) is 0 Å². The maximum Gasteiger partial charge on any atom is 0.0332 e. The van der Waals surface area contributed by atoms with Crippen LogP contribution in [0.1, 0.15) is 32.4 Å². The maximum absolute atomic E-state index is 3.66.